The van der Waals surface area contributed by atoms with Crippen LogP contribution in [0.1, 0.15) is 18.4 Å². The van der Waals surface area contributed by atoms with Gasteiger partial charge in [-0.1, -0.05) is 23.2 Å². The summed E-state index contributed by atoms with van der Waals surface area (Å²) in [5, 5.41) is 3.18. The molecule has 0 aliphatic carbocycles. The number of hydrogen-bond donors (Lipinski definition) is 1. The van der Waals surface area contributed by atoms with Gasteiger partial charge in [-0.2, -0.15) is 8.78 Å². The van der Waals surface area contributed by atoms with Crippen molar-refractivity contribution < 1.29 is 8.78 Å². The minimum absolute atomic E-state index is 0.0196. The van der Waals surface area contributed by atoms with Crippen molar-refractivity contribution in [2.75, 3.05) is 6.54 Å². The zero-order chi connectivity index (χ0) is 11.8. The third kappa shape index (κ3) is 2.17. The fraction of sp³-hybridized carbons (Fsp3) is 0.455. The maximum Gasteiger partial charge on any atom is 0.289 e. The first-order valence-corrected chi connectivity index (χ1v) is 5.84. The molecule has 16 heavy (non-hydrogen) atoms. The maximum atomic E-state index is 14.1. The molecule has 1 unspecified atom stereocenters. The van der Waals surface area contributed by atoms with Crippen LogP contribution in [0.15, 0.2) is 18.2 Å². The van der Waals surface area contributed by atoms with Crippen LogP contribution in [0.25, 0.3) is 0 Å². The van der Waals surface area contributed by atoms with Crippen LogP contribution >= 0.6 is 23.2 Å². The van der Waals surface area contributed by atoms with Crippen molar-refractivity contribution in [3.05, 3.63) is 33.8 Å². The van der Waals surface area contributed by atoms with Crippen molar-refractivity contribution in [1.82, 2.24) is 5.32 Å². The van der Waals surface area contributed by atoms with E-state index in [0.29, 0.717) is 18.0 Å². The van der Waals surface area contributed by atoms with Crippen molar-refractivity contribution >= 4 is 23.2 Å². The van der Waals surface area contributed by atoms with Gasteiger partial charge in [0, 0.05) is 10.6 Å². The summed E-state index contributed by atoms with van der Waals surface area (Å²) in [6.07, 6.45) is 1.23. The molecule has 1 N–H and O–H groups in total. The highest BCUT2D eigenvalue weighted by Crippen LogP contribution is 2.39. The largest absolute Gasteiger partial charge is 0.308 e. The van der Waals surface area contributed by atoms with Crippen LogP contribution in [0, 0.1) is 0 Å². The number of alkyl halides is 2. The van der Waals surface area contributed by atoms with Crippen LogP contribution in [0.3, 0.4) is 0 Å². The van der Waals surface area contributed by atoms with E-state index in [1.807, 2.05) is 0 Å². The van der Waals surface area contributed by atoms with Gasteiger partial charge in [0.1, 0.15) is 0 Å². The second-order valence-electron chi connectivity index (χ2n) is 3.90. The molecular formula is C11H11Cl2F2N. The molecule has 2 rings (SSSR count). The van der Waals surface area contributed by atoms with Gasteiger partial charge in [0.15, 0.2) is 0 Å². The number of hydrogen-bond acceptors (Lipinski definition) is 1. The van der Waals surface area contributed by atoms with Crippen LogP contribution in [0.4, 0.5) is 8.78 Å². The number of halogens is 4. The standard InChI is InChI=1S/C11H11Cl2F2N/c12-7-3-4-8(9(13)6-7)11(14,15)10-2-1-5-16-10/h3-4,6,10,16H,1-2,5H2. The average molecular weight is 266 g/mol. The molecule has 1 saturated heterocycles. The van der Waals surface area contributed by atoms with E-state index in [2.05, 4.69) is 5.32 Å². The second kappa shape index (κ2) is 4.47. The molecule has 1 atom stereocenters. The topological polar surface area (TPSA) is 12.0 Å². The Morgan fingerprint density at radius 3 is 2.62 bits per heavy atom. The normalized spacial score (nSPS) is 21.4. The highest BCUT2D eigenvalue weighted by Gasteiger charge is 2.43. The van der Waals surface area contributed by atoms with Gasteiger partial charge in [0.2, 0.25) is 0 Å². The van der Waals surface area contributed by atoms with Crippen LogP contribution in [0.5, 0.6) is 0 Å². The molecule has 0 amide bonds. The Labute approximate surface area is 103 Å². The Bertz CT molecular complexity index is 390. The molecule has 1 aromatic carbocycles. The molecule has 0 radical (unpaired) electrons. The van der Waals surface area contributed by atoms with Gasteiger partial charge in [-0.15, -0.1) is 0 Å². The molecule has 5 heteroatoms. The zero-order valence-corrected chi connectivity index (χ0v) is 9.95. The average Bonchev–Trinajstić information content (AvgIpc) is 2.69. The zero-order valence-electron chi connectivity index (χ0n) is 8.44. The summed E-state index contributed by atoms with van der Waals surface area (Å²) in [5.41, 5.74) is -0.155. The highest BCUT2D eigenvalue weighted by atomic mass is 35.5. The summed E-state index contributed by atoms with van der Waals surface area (Å²) >= 11 is 11.5. The Balaban J connectivity index is 2.34. The van der Waals surface area contributed by atoms with E-state index in [-0.39, 0.29) is 10.6 Å². The summed E-state index contributed by atoms with van der Waals surface area (Å²) in [7, 11) is 0. The van der Waals surface area contributed by atoms with Crippen LogP contribution in [-0.2, 0) is 5.92 Å². The van der Waals surface area contributed by atoms with Gasteiger partial charge < -0.3 is 5.32 Å². The fourth-order valence-electron chi connectivity index (χ4n) is 1.94. The molecule has 1 aliphatic heterocycles. The van der Waals surface area contributed by atoms with Crippen molar-refractivity contribution in [2.45, 2.75) is 24.8 Å². The Kier molecular flexibility index (Phi) is 3.38. The van der Waals surface area contributed by atoms with E-state index >= 15 is 0 Å². The highest BCUT2D eigenvalue weighted by molar-refractivity contribution is 6.35. The molecular weight excluding hydrogens is 255 g/mol. The number of rotatable bonds is 2. The molecule has 1 heterocycles. The minimum atomic E-state index is -2.95. The lowest BCUT2D eigenvalue weighted by molar-refractivity contribution is -0.0375. The Morgan fingerprint density at radius 1 is 1.31 bits per heavy atom. The van der Waals surface area contributed by atoms with Crippen molar-refractivity contribution in [1.29, 1.82) is 0 Å². The van der Waals surface area contributed by atoms with Gasteiger partial charge in [-0.3, -0.25) is 0 Å². The molecule has 0 spiro atoms. The Hall–Kier alpha value is -0.380. The first kappa shape index (κ1) is 12.1. The maximum absolute atomic E-state index is 14.1. The SMILES string of the molecule is FC(F)(c1ccc(Cl)cc1Cl)C1CCCN1. The van der Waals surface area contributed by atoms with Crippen LogP contribution in [-0.4, -0.2) is 12.6 Å². The molecule has 0 aromatic heterocycles. The van der Waals surface area contributed by atoms with E-state index in [4.69, 9.17) is 23.2 Å². The molecule has 1 nitrogen and oxygen atoms in total. The third-order valence-electron chi connectivity index (χ3n) is 2.79. The van der Waals surface area contributed by atoms with Crippen molar-refractivity contribution in [3.8, 4) is 0 Å². The van der Waals surface area contributed by atoms with E-state index in [1.54, 1.807) is 0 Å². The quantitative estimate of drug-likeness (QED) is 0.857. The smallest absolute Gasteiger partial charge is 0.289 e. The monoisotopic (exact) mass is 265 g/mol. The molecule has 0 saturated carbocycles. The minimum Gasteiger partial charge on any atom is -0.308 e. The predicted octanol–water partition coefficient (Wildman–Crippen LogP) is 3.84. The van der Waals surface area contributed by atoms with E-state index in [0.717, 1.165) is 6.42 Å². The van der Waals surface area contributed by atoms with E-state index in [1.165, 1.54) is 18.2 Å². The van der Waals surface area contributed by atoms with E-state index < -0.39 is 12.0 Å². The molecule has 1 aliphatic rings. The van der Waals surface area contributed by atoms with Gasteiger partial charge in [0.25, 0.3) is 5.92 Å². The first-order valence-electron chi connectivity index (χ1n) is 5.08. The summed E-state index contributed by atoms with van der Waals surface area (Å²) in [4.78, 5) is 0. The second-order valence-corrected chi connectivity index (χ2v) is 4.74. The lowest BCUT2D eigenvalue weighted by Gasteiger charge is -2.24. The van der Waals surface area contributed by atoms with Crippen molar-refractivity contribution in [2.24, 2.45) is 0 Å². The lowest BCUT2D eigenvalue weighted by Crippen LogP contribution is -2.38. The predicted molar refractivity (Wildman–Crippen MR) is 61.4 cm³/mol. The van der Waals surface area contributed by atoms with Crippen LogP contribution in [0.2, 0.25) is 10.0 Å². The number of benzene rings is 1. The summed E-state index contributed by atoms with van der Waals surface area (Å²) in [6, 6.07) is 3.25. The van der Waals surface area contributed by atoms with E-state index in [9.17, 15) is 8.78 Å². The summed E-state index contributed by atoms with van der Waals surface area (Å²) in [6.45, 7) is 0.630. The van der Waals surface area contributed by atoms with Gasteiger partial charge in [-0.25, -0.2) is 0 Å². The van der Waals surface area contributed by atoms with Gasteiger partial charge in [-0.05, 0) is 37.6 Å². The molecule has 1 fully saturated rings. The fourth-order valence-corrected chi connectivity index (χ4v) is 2.48. The summed E-state index contributed by atoms with van der Waals surface area (Å²) in [5.74, 6) is -2.95. The summed E-state index contributed by atoms with van der Waals surface area (Å²) < 4.78 is 28.1. The van der Waals surface area contributed by atoms with Crippen LogP contribution < -0.4 is 5.32 Å². The van der Waals surface area contributed by atoms with Gasteiger partial charge >= 0.3 is 0 Å². The lowest BCUT2D eigenvalue weighted by atomic mass is 10.00. The van der Waals surface area contributed by atoms with Gasteiger partial charge in [0.05, 0.1) is 11.1 Å². The first-order chi connectivity index (χ1) is 7.51. The Morgan fingerprint density at radius 2 is 2.06 bits per heavy atom. The third-order valence-corrected chi connectivity index (χ3v) is 3.34. The molecule has 88 valence electrons. The molecule has 1 aromatic rings. The van der Waals surface area contributed by atoms with Crippen molar-refractivity contribution in [3.63, 3.8) is 0 Å². The number of nitrogens with one attached hydrogen (secondary N) is 1. The molecule has 0 bridgehead atoms.